The third-order valence-electron chi connectivity index (χ3n) is 23.7. The maximum atomic E-state index is 6.16. The summed E-state index contributed by atoms with van der Waals surface area (Å²) in [5.74, 6) is 1.55. The van der Waals surface area contributed by atoms with Gasteiger partial charge < -0.3 is 4.57 Å². The van der Waals surface area contributed by atoms with Crippen LogP contribution in [0.1, 0.15) is 0 Å². The van der Waals surface area contributed by atoms with E-state index < -0.39 is 24.2 Å². The molecule has 0 aliphatic heterocycles. The lowest BCUT2D eigenvalue weighted by Gasteiger charge is -2.38. The summed E-state index contributed by atoms with van der Waals surface area (Å²) in [5, 5.41) is 21.8. The second-order valence-corrected chi connectivity index (χ2v) is 41.1. The molecule has 114 heavy (non-hydrogen) atoms. The number of fused-ring (bicyclic) bond motifs is 10. The van der Waals surface area contributed by atoms with Crippen molar-refractivity contribution in [3.63, 3.8) is 0 Å². The molecule has 6 nitrogen and oxygen atoms in total. The summed E-state index contributed by atoms with van der Waals surface area (Å²) in [7, 11) is -9.89. The van der Waals surface area contributed by atoms with Gasteiger partial charge in [-0.3, -0.25) is 9.13 Å². The van der Waals surface area contributed by atoms with Gasteiger partial charge in [-0.2, -0.15) is 15.0 Å². The van der Waals surface area contributed by atoms with Crippen LogP contribution in [-0.2, 0) is 0 Å². The first-order chi connectivity index (χ1) is 56.6. The first-order valence-electron chi connectivity index (χ1n) is 39.1. The third kappa shape index (κ3) is 10.8. The van der Waals surface area contributed by atoms with Crippen molar-refractivity contribution in [1.82, 2.24) is 28.7 Å². The van der Waals surface area contributed by atoms with Gasteiger partial charge in [-0.15, -0.1) is 0 Å². The summed E-state index contributed by atoms with van der Waals surface area (Å²) in [5.41, 5.74) is 10.4. The Kier molecular flexibility index (Phi) is 16.8. The molecule has 0 N–H and O–H groups in total. The minimum Gasteiger partial charge on any atom is -0.309 e. The van der Waals surface area contributed by atoms with Gasteiger partial charge in [0.1, 0.15) is 0 Å². The zero-order chi connectivity index (χ0) is 75.6. The predicted octanol–water partition coefficient (Wildman–Crippen LogP) is 16.6. The fourth-order valence-electron chi connectivity index (χ4n) is 19.0. The molecule has 0 saturated carbocycles. The molecule has 4 aromatic heterocycles. The normalized spacial score (nSPS) is 12.0. The molecule has 0 fully saturated rings. The number of para-hydroxylation sites is 4. The van der Waals surface area contributed by atoms with Crippen molar-refractivity contribution in [3.05, 3.63) is 449 Å². The van der Waals surface area contributed by atoms with Crippen molar-refractivity contribution in [3.8, 4) is 40.1 Å². The van der Waals surface area contributed by atoms with Gasteiger partial charge in [0.2, 0.25) is 11.9 Å². The van der Waals surface area contributed by atoms with Gasteiger partial charge in [0.15, 0.2) is 30.0 Å². The molecule has 21 aromatic rings. The smallest absolute Gasteiger partial charge is 0.240 e. The van der Waals surface area contributed by atoms with Crippen molar-refractivity contribution < 1.29 is 0 Å². The zero-order valence-corrected chi connectivity index (χ0v) is 65.4. The van der Waals surface area contributed by atoms with E-state index in [1.54, 1.807) is 0 Å². The molecule has 0 radical (unpaired) electrons. The second-order valence-electron chi connectivity index (χ2n) is 29.7. The molecule has 21 rings (SSSR count). The maximum absolute atomic E-state index is 6.16. The Hall–Kier alpha value is -14.2. The molecule has 0 unspecified atom stereocenters. The quantitative estimate of drug-likeness (QED) is 0.0674. The monoisotopic (exact) mass is 1500 g/mol. The van der Waals surface area contributed by atoms with Gasteiger partial charge in [0.05, 0.1) is 33.1 Å². The Bertz CT molecular complexity index is 6710. The van der Waals surface area contributed by atoms with Gasteiger partial charge in [0, 0.05) is 43.6 Å². The fraction of sp³-hybridized carbons (Fsp3) is 0. The predicted molar refractivity (Wildman–Crippen MR) is 485 cm³/mol. The number of nitrogens with zero attached hydrogens (tertiary/aromatic N) is 6. The van der Waals surface area contributed by atoms with E-state index in [0.29, 0.717) is 17.7 Å². The van der Waals surface area contributed by atoms with Gasteiger partial charge in [-0.25, -0.2) is 0 Å². The summed E-state index contributed by atoms with van der Waals surface area (Å²) in [4.78, 5) is 18.2. The lowest BCUT2D eigenvalue weighted by atomic mass is 10.1. The van der Waals surface area contributed by atoms with E-state index in [2.05, 4.69) is 463 Å². The van der Waals surface area contributed by atoms with Crippen molar-refractivity contribution in [1.29, 1.82) is 0 Å². The number of hydrogen-bond donors (Lipinski definition) is 0. The van der Waals surface area contributed by atoms with Gasteiger partial charge in [0.25, 0.3) is 0 Å². The topological polar surface area (TPSA) is 53.5 Å². The molecule has 9 heteroatoms. The number of aromatic nitrogens is 6. The first kappa shape index (κ1) is 67.9. The molecule has 0 aliphatic rings. The van der Waals surface area contributed by atoms with E-state index in [-0.39, 0.29) is 0 Å². The van der Waals surface area contributed by atoms with Gasteiger partial charge in [-0.1, -0.05) is 406 Å². The SMILES string of the molecule is c1ccc(-c2cccc([Si](c3ccccc3)(c3ccccc3)c3cccc(-n4c5ccccc5c5c4ccc4c6ccccc6n(-c6nc(-c7cc([Si](c8ccccc8)(c8ccccc8)c8ccccc8)cc([Si](c8ccccc8)(c8ccccc8)c8ccccc8)c7)nc(-n7c8ccccc8c8ccccc87)n6)c45)c3)c2)cc1. The Morgan fingerprint density at radius 3 is 0.912 bits per heavy atom. The number of rotatable bonds is 17. The van der Waals surface area contributed by atoms with E-state index in [0.717, 1.165) is 76.7 Å². The lowest BCUT2D eigenvalue weighted by Crippen LogP contribution is -2.78. The van der Waals surface area contributed by atoms with Crippen LogP contribution < -0.4 is 62.2 Å². The van der Waals surface area contributed by atoms with Crippen LogP contribution >= 0.6 is 0 Å². The molecule has 0 bridgehead atoms. The molecule has 0 amide bonds. The van der Waals surface area contributed by atoms with Crippen LogP contribution in [0.5, 0.6) is 0 Å². The van der Waals surface area contributed by atoms with E-state index in [9.17, 15) is 0 Å². The highest BCUT2D eigenvalue weighted by Crippen LogP contribution is 2.43. The van der Waals surface area contributed by atoms with Crippen LogP contribution in [0.15, 0.2) is 449 Å². The Morgan fingerprint density at radius 1 is 0.175 bits per heavy atom. The van der Waals surface area contributed by atoms with E-state index in [1.165, 1.54) is 73.4 Å². The van der Waals surface area contributed by atoms with Crippen LogP contribution in [0.3, 0.4) is 0 Å². The highest BCUT2D eigenvalue weighted by Gasteiger charge is 2.47. The average molecular weight is 1500 g/mol. The first-order valence-corrected chi connectivity index (χ1v) is 45.1. The van der Waals surface area contributed by atoms with Crippen LogP contribution in [0.25, 0.3) is 106 Å². The summed E-state index contributed by atoms with van der Waals surface area (Å²) < 4.78 is 7.14. The molecule has 4 heterocycles. The summed E-state index contributed by atoms with van der Waals surface area (Å²) in [6, 6.07) is 168. The van der Waals surface area contributed by atoms with Crippen molar-refractivity contribution in [2.24, 2.45) is 0 Å². The molecular formula is C105H74N6Si3. The second kappa shape index (κ2) is 28.3. The standard InChI is InChI=1S/C105H74N6Si3/c1-10-38-75(39-11-1)76-40-36-58-87(70-76)114(85-54-24-8-25-55-85,86-56-26-9-27-57-86)88-59-37-41-78(73-88)109-99-67-35-31-63-95(99)101-100(109)69-68-94-93-62-30-34-66-98(93)111(102(94)101)105-107-103(106-104(108-105)110-96-64-32-28-60-91(96)92-61-29-33-65-97(92)110)77-71-89(112(79-42-12-2-13-43-79,80-44-14-3-15-45-80)81-46-16-4-17-47-81)74-90(72-77)113(82-48-18-5-19-49-82,83-50-20-6-21-51-83)84-52-22-7-23-53-84/h1-74H. The van der Waals surface area contributed by atoms with Crippen LogP contribution in [0.4, 0.5) is 0 Å². The highest BCUT2D eigenvalue weighted by atomic mass is 28.3. The van der Waals surface area contributed by atoms with E-state index in [1.807, 2.05) is 0 Å². The summed E-state index contributed by atoms with van der Waals surface area (Å²) in [6.07, 6.45) is 0. The lowest BCUT2D eigenvalue weighted by molar-refractivity contribution is 0.894. The molecule has 17 aromatic carbocycles. The van der Waals surface area contributed by atoms with E-state index >= 15 is 0 Å². The van der Waals surface area contributed by atoms with Gasteiger partial charge in [-0.05, 0) is 116 Å². The van der Waals surface area contributed by atoms with Crippen LogP contribution in [0.2, 0.25) is 0 Å². The Labute approximate surface area is 664 Å². The maximum Gasteiger partial charge on any atom is 0.240 e. The molecular weight excluding hydrogens is 1430 g/mol. The van der Waals surface area contributed by atoms with Crippen molar-refractivity contribution in [2.75, 3.05) is 0 Å². The van der Waals surface area contributed by atoms with Crippen LogP contribution in [0, 0.1) is 0 Å². The molecule has 0 saturated heterocycles. The fourth-order valence-corrected chi connectivity index (χ4v) is 33.6. The van der Waals surface area contributed by atoms with Crippen molar-refractivity contribution in [2.45, 2.75) is 0 Å². The van der Waals surface area contributed by atoms with Gasteiger partial charge >= 0.3 is 0 Å². The average Bonchev–Trinajstić information content (AvgIpc) is 1.52. The highest BCUT2D eigenvalue weighted by molar-refractivity contribution is 7.22. The molecule has 0 aliphatic carbocycles. The third-order valence-corrected chi connectivity index (χ3v) is 38.0. The minimum atomic E-state index is -3.38. The zero-order valence-electron chi connectivity index (χ0n) is 62.4. The number of hydrogen-bond acceptors (Lipinski definition) is 3. The summed E-state index contributed by atoms with van der Waals surface area (Å²) in [6.45, 7) is 0. The summed E-state index contributed by atoms with van der Waals surface area (Å²) >= 11 is 0. The molecule has 0 atom stereocenters. The Morgan fingerprint density at radius 2 is 0.482 bits per heavy atom. The molecule has 0 spiro atoms. The van der Waals surface area contributed by atoms with E-state index in [4.69, 9.17) is 15.0 Å². The minimum absolute atomic E-state index is 0.496. The van der Waals surface area contributed by atoms with Crippen molar-refractivity contribution >= 4 is 152 Å². The molecule has 536 valence electrons. The number of benzene rings is 17. The Balaban J connectivity index is 0.880. The largest absolute Gasteiger partial charge is 0.309 e. The van der Waals surface area contributed by atoms with Crippen LogP contribution in [-0.4, -0.2) is 52.9 Å².